The number of anilines is 2. The van der Waals surface area contributed by atoms with Crippen molar-refractivity contribution in [2.75, 3.05) is 37.0 Å². The Kier molecular flexibility index (Phi) is 4.14. The summed E-state index contributed by atoms with van der Waals surface area (Å²) in [5, 5.41) is 0. The van der Waals surface area contributed by atoms with Crippen LogP contribution in [0.1, 0.15) is 16.8 Å². The summed E-state index contributed by atoms with van der Waals surface area (Å²) in [6.07, 6.45) is 2.36. The largest absolute Gasteiger partial charge is 0.480 e. The van der Waals surface area contributed by atoms with Crippen molar-refractivity contribution >= 4 is 17.3 Å². The normalized spacial score (nSPS) is 14.2. The fourth-order valence-corrected chi connectivity index (χ4v) is 2.82. The average molecular weight is 315 g/mol. The number of benzene rings is 1. The molecule has 6 heteroatoms. The lowest BCUT2D eigenvalue weighted by molar-refractivity contribution is 0.0983. The maximum atomic E-state index is 13.7. The Morgan fingerprint density at radius 1 is 1.26 bits per heavy atom. The van der Waals surface area contributed by atoms with Crippen molar-refractivity contribution in [2.45, 2.75) is 6.42 Å². The van der Waals surface area contributed by atoms with E-state index in [1.807, 2.05) is 11.9 Å². The van der Waals surface area contributed by atoms with Crippen LogP contribution < -0.4 is 14.5 Å². The maximum Gasteiger partial charge on any atom is 0.263 e. The minimum atomic E-state index is -0.366. The molecule has 1 aliphatic heterocycles. The van der Waals surface area contributed by atoms with Crippen LogP contribution >= 0.6 is 0 Å². The second-order valence-corrected chi connectivity index (χ2v) is 5.43. The molecule has 0 saturated carbocycles. The third kappa shape index (κ3) is 2.84. The van der Waals surface area contributed by atoms with Gasteiger partial charge >= 0.3 is 0 Å². The molecular formula is C17H18FN3O2. The predicted octanol–water partition coefficient (Wildman–Crippen LogP) is 2.72. The van der Waals surface area contributed by atoms with Crippen LogP contribution in [0.2, 0.25) is 0 Å². The molecule has 2 heterocycles. The number of amides is 1. The van der Waals surface area contributed by atoms with Crippen LogP contribution in [0.4, 0.5) is 15.8 Å². The number of hydrogen-bond donors (Lipinski definition) is 0. The van der Waals surface area contributed by atoms with Crippen molar-refractivity contribution < 1.29 is 13.9 Å². The first-order valence-electron chi connectivity index (χ1n) is 7.43. The molecule has 120 valence electrons. The summed E-state index contributed by atoms with van der Waals surface area (Å²) in [5.41, 5.74) is 1.77. The van der Waals surface area contributed by atoms with Gasteiger partial charge in [-0.15, -0.1) is 0 Å². The van der Waals surface area contributed by atoms with Gasteiger partial charge in [0.1, 0.15) is 11.4 Å². The number of ether oxygens (including phenoxy) is 1. The number of fused-ring (bicyclic) bond motifs is 1. The quantitative estimate of drug-likeness (QED) is 0.855. The molecule has 3 rings (SSSR count). The Morgan fingerprint density at radius 3 is 2.87 bits per heavy atom. The second-order valence-electron chi connectivity index (χ2n) is 5.43. The molecule has 2 aromatic rings. The van der Waals surface area contributed by atoms with Crippen molar-refractivity contribution in [1.29, 1.82) is 0 Å². The van der Waals surface area contributed by atoms with Gasteiger partial charge in [0, 0.05) is 26.3 Å². The zero-order chi connectivity index (χ0) is 16.4. The smallest absolute Gasteiger partial charge is 0.263 e. The van der Waals surface area contributed by atoms with Crippen LogP contribution in [0.15, 0.2) is 36.5 Å². The first-order chi connectivity index (χ1) is 11.1. The minimum absolute atomic E-state index is 0.239. The summed E-state index contributed by atoms with van der Waals surface area (Å²) in [5.74, 6) is -0.333. The molecule has 1 aromatic carbocycles. The van der Waals surface area contributed by atoms with Gasteiger partial charge in [-0.25, -0.2) is 9.37 Å². The third-order valence-electron chi connectivity index (χ3n) is 3.95. The molecule has 0 bridgehead atoms. The Bertz CT molecular complexity index is 736. The van der Waals surface area contributed by atoms with Crippen LogP contribution in [-0.2, 0) is 0 Å². The molecule has 0 saturated heterocycles. The fourth-order valence-electron chi connectivity index (χ4n) is 2.82. The van der Waals surface area contributed by atoms with E-state index in [1.54, 1.807) is 29.3 Å². The Morgan fingerprint density at radius 2 is 2.09 bits per heavy atom. The third-order valence-corrected chi connectivity index (χ3v) is 3.95. The van der Waals surface area contributed by atoms with Gasteiger partial charge < -0.3 is 14.5 Å². The molecule has 0 unspecified atom stereocenters. The van der Waals surface area contributed by atoms with E-state index in [9.17, 15) is 9.18 Å². The number of nitrogens with zero attached hydrogens (tertiary/aromatic N) is 3. The van der Waals surface area contributed by atoms with E-state index in [-0.39, 0.29) is 17.6 Å². The van der Waals surface area contributed by atoms with E-state index in [0.717, 1.165) is 18.7 Å². The number of rotatable bonds is 2. The number of hydrogen-bond acceptors (Lipinski definition) is 4. The molecule has 1 aromatic heterocycles. The summed E-state index contributed by atoms with van der Waals surface area (Å²) >= 11 is 0. The van der Waals surface area contributed by atoms with E-state index in [2.05, 4.69) is 4.98 Å². The molecule has 5 nitrogen and oxygen atoms in total. The molecule has 1 amide bonds. The van der Waals surface area contributed by atoms with Crippen LogP contribution in [0.25, 0.3) is 0 Å². The van der Waals surface area contributed by atoms with Gasteiger partial charge in [-0.1, -0.05) is 0 Å². The van der Waals surface area contributed by atoms with Crippen molar-refractivity contribution in [3.05, 3.63) is 47.9 Å². The summed E-state index contributed by atoms with van der Waals surface area (Å²) in [7, 11) is 3.41. The standard InChI is InChI=1S/C17H18FN3O2/c1-20-9-4-10-21(15-11-12(18)6-7-14(15)20)17(22)13-5-3-8-19-16(13)23-2/h3,5-8,11H,4,9-10H2,1-2H3. The Labute approximate surface area is 134 Å². The molecule has 0 radical (unpaired) electrons. The molecule has 0 aliphatic carbocycles. The van der Waals surface area contributed by atoms with Gasteiger partial charge in [0.15, 0.2) is 0 Å². The highest BCUT2D eigenvalue weighted by Crippen LogP contribution is 2.34. The first-order valence-corrected chi connectivity index (χ1v) is 7.43. The number of carbonyl (C=O) groups is 1. The van der Waals surface area contributed by atoms with Crippen LogP contribution in [0, 0.1) is 5.82 Å². The highest BCUT2D eigenvalue weighted by Gasteiger charge is 2.27. The number of aromatic nitrogens is 1. The Balaban J connectivity index is 2.07. The monoisotopic (exact) mass is 315 g/mol. The zero-order valence-electron chi connectivity index (χ0n) is 13.1. The van der Waals surface area contributed by atoms with Gasteiger partial charge in [-0.3, -0.25) is 4.79 Å². The number of pyridine rings is 1. The summed E-state index contributed by atoms with van der Waals surface area (Å²) in [4.78, 5) is 20.7. The maximum absolute atomic E-state index is 13.7. The summed E-state index contributed by atoms with van der Waals surface area (Å²) < 4.78 is 18.9. The molecular weight excluding hydrogens is 297 g/mol. The number of methoxy groups -OCH3 is 1. The zero-order valence-corrected chi connectivity index (χ0v) is 13.1. The van der Waals surface area contributed by atoms with E-state index < -0.39 is 0 Å². The number of halogens is 1. The molecule has 0 N–H and O–H groups in total. The summed E-state index contributed by atoms with van der Waals surface area (Å²) in [6, 6.07) is 7.87. The Hall–Kier alpha value is -2.63. The molecule has 0 spiro atoms. The highest BCUT2D eigenvalue weighted by molar-refractivity contribution is 6.09. The molecule has 0 fully saturated rings. The van der Waals surface area contributed by atoms with Crippen LogP contribution in [0.5, 0.6) is 5.88 Å². The summed E-state index contributed by atoms with van der Waals surface area (Å²) in [6.45, 7) is 1.31. The first kappa shape index (κ1) is 15.3. The minimum Gasteiger partial charge on any atom is -0.480 e. The van der Waals surface area contributed by atoms with Crippen molar-refractivity contribution in [3.8, 4) is 5.88 Å². The van der Waals surface area contributed by atoms with Gasteiger partial charge in [-0.05, 0) is 36.8 Å². The van der Waals surface area contributed by atoms with Gasteiger partial charge in [0.05, 0.1) is 18.5 Å². The fraction of sp³-hybridized carbons (Fsp3) is 0.294. The van der Waals surface area contributed by atoms with Gasteiger partial charge in [-0.2, -0.15) is 0 Å². The van der Waals surface area contributed by atoms with E-state index in [1.165, 1.54) is 19.2 Å². The van der Waals surface area contributed by atoms with E-state index >= 15 is 0 Å². The molecule has 0 atom stereocenters. The topological polar surface area (TPSA) is 45.7 Å². The van der Waals surface area contributed by atoms with Crippen molar-refractivity contribution in [2.24, 2.45) is 0 Å². The van der Waals surface area contributed by atoms with Crippen LogP contribution in [-0.4, -0.2) is 38.1 Å². The highest BCUT2D eigenvalue weighted by atomic mass is 19.1. The van der Waals surface area contributed by atoms with Crippen molar-refractivity contribution in [1.82, 2.24) is 4.98 Å². The number of carbonyl (C=O) groups excluding carboxylic acids is 1. The molecule has 23 heavy (non-hydrogen) atoms. The van der Waals surface area contributed by atoms with E-state index in [4.69, 9.17) is 4.74 Å². The lowest BCUT2D eigenvalue weighted by Crippen LogP contribution is -2.32. The average Bonchev–Trinajstić information content (AvgIpc) is 2.73. The van der Waals surface area contributed by atoms with Gasteiger partial charge in [0.25, 0.3) is 5.91 Å². The second kappa shape index (κ2) is 6.24. The van der Waals surface area contributed by atoms with Gasteiger partial charge in [0.2, 0.25) is 5.88 Å². The van der Waals surface area contributed by atoms with Crippen LogP contribution in [0.3, 0.4) is 0 Å². The SMILES string of the molecule is COc1ncccc1C(=O)N1CCCN(C)c2ccc(F)cc21. The molecule has 1 aliphatic rings. The predicted molar refractivity (Wildman–Crippen MR) is 86.8 cm³/mol. The lowest BCUT2D eigenvalue weighted by Gasteiger charge is -2.24. The van der Waals surface area contributed by atoms with E-state index in [0.29, 0.717) is 17.8 Å². The van der Waals surface area contributed by atoms with Crippen molar-refractivity contribution in [3.63, 3.8) is 0 Å². The lowest BCUT2D eigenvalue weighted by atomic mass is 10.2.